The van der Waals surface area contributed by atoms with Crippen molar-refractivity contribution >= 4 is 17.6 Å². The highest BCUT2D eigenvalue weighted by atomic mass is 35.5. The number of halogens is 1. The Kier molecular flexibility index (Phi) is 4.51. The van der Waals surface area contributed by atoms with Crippen LogP contribution in [0.5, 0.6) is 5.75 Å². The SMILES string of the molecule is O=C(NC[C@H]1CCCO1)N1CC(Oc2ccc(Cl)cc2)C1. The Balaban J connectivity index is 1.36. The number of benzene rings is 1. The highest BCUT2D eigenvalue weighted by Gasteiger charge is 2.32. The van der Waals surface area contributed by atoms with E-state index in [0.29, 0.717) is 24.7 Å². The second-order valence-corrected chi connectivity index (χ2v) is 5.86. The van der Waals surface area contributed by atoms with Gasteiger partial charge in [-0.25, -0.2) is 4.79 Å². The summed E-state index contributed by atoms with van der Waals surface area (Å²) in [6, 6.07) is 7.22. The number of nitrogens with zero attached hydrogens (tertiary/aromatic N) is 1. The van der Waals surface area contributed by atoms with Crippen LogP contribution in [0.1, 0.15) is 12.8 Å². The maximum absolute atomic E-state index is 11.9. The van der Waals surface area contributed by atoms with E-state index in [1.165, 1.54) is 0 Å². The average Bonchev–Trinajstić information content (AvgIpc) is 2.95. The van der Waals surface area contributed by atoms with Crippen LogP contribution in [-0.4, -0.2) is 49.4 Å². The normalized spacial score (nSPS) is 22.0. The first-order chi connectivity index (χ1) is 10.2. The van der Waals surface area contributed by atoms with Gasteiger partial charge in [-0.1, -0.05) is 11.6 Å². The Hall–Kier alpha value is -1.46. The molecule has 1 aromatic rings. The molecule has 2 aliphatic rings. The van der Waals surface area contributed by atoms with Gasteiger partial charge in [0.15, 0.2) is 0 Å². The average molecular weight is 311 g/mol. The molecule has 3 rings (SSSR count). The summed E-state index contributed by atoms with van der Waals surface area (Å²) in [4.78, 5) is 13.7. The fourth-order valence-electron chi connectivity index (χ4n) is 2.50. The minimum Gasteiger partial charge on any atom is -0.487 e. The zero-order valence-electron chi connectivity index (χ0n) is 11.8. The zero-order valence-corrected chi connectivity index (χ0v) is 12.5. The van der Waals surface area contributed by atoms with Gasteiger partial charge in [0.2, 0.25) is 0 Å². The number of ether oxygens (including phenoxy) is 2. The molecule has 0 spiro atoms. The summed E-state index contributed by atoms with van der Waals surface area (Å²) in [5, 5.41) is 3.59. The lowest BCUT2D eigenvalue weighted by atomic mass is 10.2. The Morgan fingerprint density at radius 1 is 1.38 bits per heavy atom. The maximum Gasteiger partial charge on any atom is 0.317 e. The van der Waals surface area contributed by atoms with Crippen LogP contribution in [0.25, 0.3) is 0 Å². The summed E-state index contributed by atoms with van der Waals surface area (Å²) < 4.78 is 11.2. The molecular weight excluding hydrogens is 292 g/mol. The van der Waals surface area contributed by atoms with Crippen molar-refractivity contribution < 1.29 is 14.3 Å². The van der Waals surface area contributed by atoms with E-state index in [-0.39, 0.29) is 18.2 Å². The van der Waals surface area contributed by atoms with Crippen molar-refractivity contribution in [1.82, 2.24) is 10.2 Å². The Labute approximate surface area is 129 Å². The molecule has 2 amide bonds. The predicted molar refractivity (Wildman–Crippen MR) is 79.8 cm³/mol. The lowest BCUT2D eigenvalue weighted by Gasteiger charge is -2.38. The number of nitrogens with one attached hydrogen (secondary N) is 1. The molecule has 114 valence electrons. The molecule has 0 saturated carbocycles. The minimum atomic E-state index is -0.0403. The van der Waals surface area contributed by atoms with Gasteiger partial charge in [-0.05, 0) is 37.1 Å². The number of hydrogen-bond acceptors (Lipinski definition) is 3. The minimum absolute atomic E-state index is 0.0403. The van der Waals surface area contributed by atoms with E-state index in [2.05, 4.69) is 5.32 Å². The van der Waals surface area contributed by atoms with Gasteiger partial charge in [0.05, 0.1) is 19.2 Å². The second kappa shape index (κ2) is 6.54. The molecule has 1 N–H and O–H groups in total. The molecule has 1 aromatic carbocycles. The maximum atomic E-state index is 11.9. The predicted octanol–water partition coefficient (Wildman–Crippen LogP) is 2.29. The van der Waals surface area contributed by atoms with Gasteiger partial charge in [0.25, 0.3) is 0 Å². The molecular formula is C15H19ClN2O3. The Morgan fingerprint density at radius 3 is 2.81 bits per heavy atom. The van der Waals surface area contributed by atoms with E-state index in [4.69, 9.17) is 21.1 Å². The van der Waals surface area contributed by atoms with Gasteiger partial charge in [-0.2, -0.15) is 0 Å². The summed E-state index contributed by atoms with van der Waals surface area (Å²) in [7, 11) is 0. The van der Waals surface area contributed by atoms with Crippen LogP contribution >= 0.6 is 11.6 Å². The van der Waals surface area contributed by atoms with Gasteiger partial charge in [0.1, 0.15) is 11.9 Å². The lowest BCUT2D eigenvalue weighted by Crippen LogP contribution is -2.59. The molecule has 0 aromatic heterocycles. The first kappa shape index (κ1) is 14.5. The Bertz CT molecular complexity index is 482. The lowest BCUT2D eigenvalue weighted by molar-refractivity contribution is 0.0421. The van der Waals surface area contributed by atoms with Crippen molar-refractivity contribution in [2.45, 2.75) is 25.0 Å². The van der Waals surface area contributed by atoms with E-state index in [1.807, 2.05) is 12.1 Å². The summed E-state index contributed by atoms with van der Waals surface area (Å²) in [6.07, 6.45) is 2.35. The molecule has 0 aliphatic carbocycles. The van der Waals surface area contributed by atoms with Crippen LogP contribution in [0.4, 0.5) is 4.79 Å². The van der Waals surface area contributed by atoms with Crippen LogP contribution in [0.3, 0.4) is 0 Å². The highest BCUT2D eigenvalue weighted by Crippen LogP contribution is 2.20. The van der Waals surface area contributed by atoms with Crippen LogP contribution in [0, 0.1) is 0 Å². The van der Waals surface area contributed by atoms with Gasteiger partial charge < -0.3 is 19.7 Å². The molecule has 6 heteroatoms. The van der Waals surface area contributed by atoms with Crippen molar-refractivity contribution in [1.29, 1.82) is 0 Å². The molecule has 0 unspecified atom stereocenters. The third-order valence-electron chi connectivity index (χ3n) is 3.76. The number of hydrogen-bond donors (Lipinski definition) is 1. The van der Waals surface area contributed by atoms with E-state index in [1.54, 1.807) is 17.0 Å². The first-order valence-corrected chi connectivity index (χ1v) is 7.65. The third-order valence-corrected chi connectivity index (χ3v) is 4.01. The van der Waals surface area contributed by atoms with E-state index >= 15 is 0 Å². The Morgan fingerprint density at radius 2 is 2.14 bits per heavy atom. The van der Waals surface area contributed by atoms with Gasteiger partial charge in [0, 0.05) is 18.2 Å². The van der Waals surface area contributed by atoms with Crippen molar-refractivity contribution in [3.05, 3.63) is 29.3 Å². The topological polar surface area (TPSA) is 50.8 Å². The fraction of sp³-hybridized carbons (Fsp3) is 0.533. The van der Waals surface area contributed by atoms with E-state index < -0.39 is 0 Å². The molecule has 2 saturated heterocycles. The van der Waals surface area contributed by atoms with Crippen LogP contribution < -0.4 is 10.1 Å². The summed E-state index contributed by atoms with van der Waals surface area (Å²) in [5.41, 5.74) is 0. The van der Waals surface area contributed by atoms with Crippen molar-refractivity contribution in [3.63, 3.8) is 0 Å². The van der Waals surface area contributed by atoms with E-state index in [9.17, 15) is 4.79 Å². The standard InChI is InChI=1S/C15H19ClN2O3/c16-11-3-5-12(6-4-11)21-14-9-18(10-14)15(19)17-8-13-2-1-7-20-13/h3-6,13-14H,1-2,7-10H2,(H,17,19)/t13-/m1/s1. The number of rotatable bonds is 4. The number of amides is 2. The molecule has 1 atom stereocenters. The molecule has 2 heterocycles. The van der Waals surface area contributed by atoms with Gasteiger partial charge in [-0.15, -0.1) is 0 Å². The van der Waals surface area contributed by atoms with E-state index in [0.717, 1.165) is 25.2 Å². The number of likely N-dealkylation sites (tertiary alicyclic amines) is 1. The second-order valence-electron chi connectivity index (χ2n) is 5.42. The third kappa shape index (κ3) is 3.80. The zero-order chi connectivity index (χ0) is 14.7. The van der Waals surface area contributed by atoms with Crippen LogP contribution in [0.15, 0.2) is 24.3 Å². The molecule has 0 radical (unpaired) electrons. The smallest absolute Gasteiger partial charge is 0.317 e. The van der Waals surface area contributed by atoms with Crippen molar-refractivity contribution in [2.75, 3.05) is 26.2 Å². The monoisotopic (exact) mass is 310 g/mol. The van der Waals surface area contributed by atoms with Gasteiger partial charge >= 0.3 is 6.03 Å². The first-order valence-electron chi connectivity index (χ1n) is 7.27. The van der Waals surface area contributed by atoms with Gasteiger partial charge in [-0.3, -0.25) is 0 Å². The molecule has 0 bridgehead atoms. The largest absolute Gasteiger partial charge is 0.487 e. The quantitative estimate of drug-likeness (QED) is 0.928. The van der Waals surface area contributed by atoms with Crippen molar-refractivity contribution in [3.8, 4) is 5.75 Å². The molecule has 2 fully saturated rings. The van der Waals surface area contributed by atoms with Crippen LogP contribution in [0.2, 0.25) is 5.02 Å². The molecule has 5 nitrogen and oxygen atoms in total. The molecule has 21 heavy (non-hydrogen) atoms. The molecule has 2 aliphatic heterocycles. The number of urea groups is 1. The fourth-order valence-corrected chi connectivity index (χ4v) is 2.63. The van der Waals surface area contributed by atoms with Crippen LogP contribution in [-0.2, 0) is 4.74 Å². The number of carbonyl (C=O) groups excluding carboxylic acids is 1. The highest BCUT2D eigenvalue weighted by molar-refractivity contribution is 6.30. The van der Waals surface area contributed by atoms with Crippen molar-refractivity contribution in [2.24, 2.45) is 0 Å². The number of carbonyl (C=O) groups is 1. The summed E-state index contributed by atoms with van der Waals surface area (Å²) in [5.74, 6) is 0.781. The summed E-state index contributed by atoms with van der Waals surface area (Å²) in [6.45, 7) is 2.62. The summed E-state index contributed by atoms with van der Waals surface area (Å²) >= 11 is 5.82.